The lowest BCUT2D eigenvalue weighted by molar-refractivity contribution is 0.0202. The van der Waals surface area contributed by atoms with Gasteiger partial charge >= 0.3 is 6.09 Å². The van der Waals surface area contributed by atoms with Crippen molar-refractivity contribution < 1.29 is 14.3 Å². The first-order chi connectivity index (χ1) is 10.9. The van der Waals surface area contributed by atoms with Crippen molar-refractivity contribution in [3.63, 3.8) is 0 Å². The van der Waals surface area contributed by atoms with Crippen molar-refractivity contribution in [1.82, 2.24) is 15.1 Å². The monoisotopic (exact) mass is 327 g/mol. The van der Waals surface area contributed by atoms with Crippen LogP contribution in [0, 0.1) is 0 Å². The highest BCUT2D eigenvalue weighted by Crippen LogP contribution is 2.27. The summed E-state index contributed by atoms with van der Waals surface area (Å²) in [5, 5.41) is 3.65. The number of methoxy groups -OCH3 is 1. The Kier molecular flexibility index (Phi) is 6.68. The van der Waals surface area contributed by atoms with Crippen LogP contribution in [0.5, 0.6) is 0 Å². The number of fused-ring (bicyclic) bond motifs is 1. The second-order valence-corrected chi connectivity index (χ2v) is 7.56. The molecule has 0 radical (unpaired) electrons. The molecule has 2 aliphatic rings. The Morgan fingerprint density at radius 3 is 2.74 bits per heavy atom. The van der Waals surface area contributed by atoms with Gasteiger partial charge < -0.3 is 19.7 Å². The molecule has 0 saturated carbocycles. The van der Waals surface area contributed by atoms with E-state index in [-0.39, 0.29) is 6.09 Å². The van der Waals surface area contributed by atoms with Gasteiger partial charge in [-0.3, -0.25) is 4.90 Å². The molecule has 23 heavy (non-hydrogen) atoms. The highest BCUT2D eigenvalue weighted by atomic mass is 16.6. The smallest absolute Gasteiger partial charge is 0.410 e. The van der Waals surface area contributed by atoms with E-state index < -0.39 is 5.60 Å². The zero-order chi connectivity index (χ0) is 16.9. The van der Waals surface area contributed by atoms with E-state index >= 15 is 0 Å². The lowest BCUT2D eigenvalue weighted by Crippen LogP contribution is -2.45. The van der Waals surface area contributed by atoms with Crippen LogP contribution in [-0.4, -0.2) is 80.0 Å². The van der Waals surface area contributed by atoms with Crippen molar-refractivity contribution in [1.29, 1.82) is 0 Å². The molecule has 0 aromatic heterocycles. The molecule has 2 atom stereocenters. The predicted octanol–water partition coefficient (Wildman–Crippen LogP) is 1.70. The van der Waals surface area contributed by atoms with Crippen LogP contribution in [0.3, 0.4) is 0 Å². The van der Waals surface area contributed by atoms with E-state index in [1.807, 2.05) is 20.8 Å². The highest BCUT2D eigenvalue weighted by Gasteiger charge is 2.36. The van der Waals surface area contributed by atoms with Crippen molar-refractivity contribution in [2.75, 3.05) is 46.4 Å². The zero-order valence-corrected chi connectivity index (χ0v) is 15.1. The molecule has 0 spiro atoms. The zero-order valence-electron chi connectivity index (χ0n) is 15.1. The SMILES string of the molecule is COCCN(CCNC1CCN2CCCC12)C(=O)OC(C)(C)C. The number of rotatable bonds is 7. The second kappa shape index (κ2) is 8.31. The van der Waals surface area contributed by atoms with Gasteiger partial charge in [0.05, 0.1) is 6.61 Å². The van der Waals surface area contributed by atoms with E-state index in [9.17, 15) is 4.79 Å². The van der Waals surface area contributed by atoms with Crippen LogP contribution in [0.1, 0.15) is 40.0 Å². The molecule has 0 bridgehead atoms. The molecule has 0 aromatic carbocycles. The van der Waals surface area contributed by atoms with E-state index in [2.05, 4.69) is 10.2 Å². The van der Waals surface area contributed by atoms with Gasteiger partial charge in [-0.15, -0.1) is 0 Å². The number of carbonyl (C=O) groups is 1. The highest BCUT2D eigenvalue weighted by molar-refractivity contribution is 5.68. The average molecular weight is 327 g/mol. The summed E-state index contributed by atoms with van der Waals surface area (Å²) < 4.78 is 10.6. The van der Waals surface area contributed by atoms with E-state index in [1.165, 1.54) is 32.4 Å². The van der Waals surface area contributed by atoms with Crippen LogP contribution in [0.25, 0.3) is 0 Å². The van der Waals surface area contributed by atoms with Gasteiger partial charge in [0, 0.05) is 45.4 Å². The maximum absolute atomic E-state index is 12.3. The molecule has 0 aliphatic carbocycles. The Morgan fingerprint density at radius 2 is 2.04 bits per heavy atom. The van der Waals surface area contributed by atoms with Gasteiger partial charge in [-0.25, -0.2) is 4.79 Å². The molecule has 2 rings (SSSR count). The first-order valence-corrected chi connectivity index (χ1v) is 8.85. The maximum atomic E-state index is 12.3. The number of hydrogen-bond donors (Lipinski definition) is 1. The van der Waals surface area contributed by atoms with Gasteiger partial charge in [0.2, 0.25) is 0 Å². The fourth-order valence-electron chi connectivity index (χ4n) is 3.53. The summed E-state index contributed by atoms with van der Waals surface area (Å²) in [5.41, 5.74) is -0.467. The number of nitrogens with one attached hydrogen (secondary N) is 1. The Balaban J connectivity index is 1.77. The Labute approximate surface area is 140 Å². The summed E-state index contributed by atoms with van der Waals surface area (Å²) in [6.07, 6.45) is 3.58. The normalized spacial score (nSPS) is 24.7. The third-order valence-corrected chi connectivity index (χ3v) is 4.61. The molecule has 2 saturated heterocycles. The Morgan fingerprint density at radius 1 is 1.26 bits per heavy atom. The van der Waals surface area contributed by atoms with Crippen LogP contribution in [-0.2, 0) is 9.47 Å². The van der Waals surface area contributed by atoms with Crippen molar-refractivity contribution in [2.24, 2.45) is 0 Å². The molecule has 6 heteroatoms. The lowest BCUT2D eigenvalue weighted by atomic mass is 10.1. The Hall–Kier alpha value is -0.850. The summed E-state index contributed by atoms with van der Waals surface area (Å²) in [6, 6.07) is 1.27. The van der Waals surface area contributed by atoms with Crippen LogP contribution in [0.15, 0.2) is 0 Å². The summed E-state index contributed by atoms with van der Waals surface area (Å²) in [5.74, 6) is 0. The average Bonchev–Trinajstić information content (AvgIpc) is 3.04. The topological polar surface area (TPSA) is 54.0 Å². The fourth-order valence-corrected chi connectivity index (χ4v) is 3.53. The summed E-state index contributed by atoms with van der Waals surface area (Å²) in [7, 11) is 1.65. The van der Waals surface area contributed by atoms with Crippen LogP contribution in [0.4, 0.5) is 4.79 Å². The van der Waals surface area contributed by atoms with E-state index in [4.69, 9.17) is 9.47 Å². The third-order valence-electron chi connectivity index (χ3n) is 4.61. The summed E-state index contributed by atoms with van der Waals surface area (Å²) in [4.78, 5) is 16.6. The van der Waals surface area contributed by atoms with Crippen molar-refractivity contribution in [3.8, 4) is 0 Å². The van der Waals surface area contributed by atoms with Gasteiger partial charge in [0.25, 0.3) is 0 Å². The Bertz CT molecular complexity index is 384. The standard InChI is InChI=1S/C17H33N3O3/c1-17(2,3)23-16(21)20(12-13-22-4)11-8-18-14-7-10-19-9-5-6-15(14)19/h14-15,18H,5-13H2,1-4H3. The third kappa shape index (κ3) is 5.62. The lowest BCUT2D eigenvalue weighted by Gasteiger charge is -2.28. The number of amides is 1. The summed E-state index contributed by atoms with van der Waals surface area (Å²) >= 11 is 0. The minimum Gasteiger partial charge on any atom is -0.444 e. The van der Waals surface area contributed by atoms with Crippen molar-refractivity contribution >= 4 is 6.09 Å². The van der Waals surface area contributed by atoms with Crippen LogP contribution >= 0.6 is 0 Å². The number of ether oxygens (including phenoxy) is 2. The molecule has 1 amide bonds. The predicted molar refractivity (Wildman–Crippen MR) is 90.7 cm³/mol. The van der Waals surface area contributed by atoms with E-state index in [0.717, 1.165) is 6.54 Å². The largest absolute Gasteiger partial charge is 0.444 e. The van der Waals surface area contributed by atoms with Gasteiger partial charge in [0.1, 0.15) is 5.60 Å². The number of carbonyl (C=O) groups excluding carboxylic acids is 1. The van der Waals surface area contributed by atoms with E-state index in [1.54, 1.807) is 12.0 Å². The van der Waals surface area contributed by atoms with Crippen molar-refractivity contribution in [3.05, 3.63) is 0 Å². The molecule has 2 fully saturated rings. The van der Waals surface area contributed by atoms with Gasteiger partial charge in [0.15, 0.2) is 0 Å². The maximum Gasteiger partial charge on any atom is 0.410 e. The molecule has 0 aromatic rings. The molecule has 2 aliphatic heterocycles. The molecule has 134 valence electrons. The van der Waals surface area contributed by atoms with Gasteiger partial charge in [-0.1, -0.05) is 0 Å². The first kappa shape index (κ1) is 18.5. The molecule has 2 unspecified atom stereocenters. The second-order valence-electron chi connectivity index (χ2n) is 7.56. The number of nitrogens with zero attached hydrogens (tertiary/aromatic N) is 2. The number of hydrogen-bond acceptors (Lipinski definition) is 5. The summed E-state index contributed by atoms with van der Waals surface area (Å²) in [6.45, 7) is 10.7. The van der Waals surface area contributed by atoms with Crippen LogP contribution < -0.4 is 5.32 Å². The van der Waals surface area contributed by atoms with Gasteiger partial charge in [-0.2, -0.15) is 0 Å². The van der Waals surface area contributed by atoms with Gasteiger partial charge in [-0.05, 0) is 46.6 Å². The first-order valence-electron chi connectivity index (χ1n) is 8.85. The van der Waals surface area contributed by atoms with E-state index in [0.29, 0.717) is 31.8 Å². The molecular formula is C17H33N3O3. The minimum absolute atomic E-state index is 0.259. The molecule has 2 heterocycles. The molecular weight excluding hydrogens is 294 g/mol. The molecule has 1 N–H and O–H groups in total. The quantitative estimate of drug-likeness (QED) is 0.771. The minimum atomic E-state index is -0.467. The van der Waals surface area contributed by atoms with Crippen LogP contribution in [0.2, 0.25) is 0 Å². The fraction of sp³-hybridized carbons (Fsp3) is 0.941. The van der Waals surface area contributed by atoms with Crippen molar-refractivity contribution in [2.45, 2.75) is 57.7 Å². The molecule has 6 nitrogen and oxygen atoms in total.